The molecule has 1 aromatic heterocycles. The van der Waals surface area contributed by atoms with E-state index in [1.165, 1.54) is 13.2 Å². The molecule has 2 aromatic carbocycles. The minimum atomic E-state index is -0.508. The Balaban J connectivity index is 2.14. The predicted molar refractivity (Wildman–Crippen MR) is 85.1 cm³/mol. The van der Waals surface area contributed by atoms with Crippen LogP contribution >= 0.6 is 0 Å². The molecule has 0 aliphatic heterocycles. The van der Waals surface area contributed by atoms with Gasteiger partial charge in [0, 0.05) is 7.05 Å². The second kappa shape index (κ2) is 5.73. The van der Waals surface area contributed by atoms with E-state index in [1.807, 2.05) is 29.8 Å². The Hall–Kier alpha value is -2.86. The summed E-state index contributed by atoms with van der Waals surface area (Å²) in [7, 11) is 3.12. The molecule has 0 saturated heterocycles. The van der Waals surface area contributed by atoms with Gasteiger partial charge in [0.2, 0.25) is 0 Å². The Morgan fingerprint density at radius 2 is 2.00 bits per heavy atom. The molecule has 3 aromatic rings. The van der Waals surface area contributed by atoms with Gasteiger partial charge in [0.25, 0.3) is 0 Å². The number of imidazole rings is 1. The number of hydrogen-bond acceptors (Lipinski definition) is 5. The molecule has 0 aliphatic carbocycles. The summed E-state index contributed by atoms with van der Waals surface area (Å²) in [6.45, 7) is -0.140. The number of carbonyl (C=O) groups excluding carboxylic acids is 1. The lowest BCUT2D eigenvalue weighted by Gasteiger charge is -2.07. The number of methoxy groups -OCH3 is 1. The number of ether oxygens (including phenoxy) is 1. The first-order chi connectivity index (χ1) is 11.0. The van der Waals surface area contributed by atoms with Crippen molar-refractivity contribution in [2.45, 2.75) is 6.61 Å². The van der Waals surface area contributed by atoms with Crippen LogP contribution in [0.5, 0.6) is 5.75 Å². The molecule has 0 atom stereocenters. The summed E-state index contributed by atoms with van der Waals surface area (Å²) in [5.41, 5.74) is 3.43. The average molecular weight is 312 g/mol. The zero-order valence-electron chi connectivity index (χ0n) is 12.8. The molecule has 0 radical (unpaired) electrons. The zero-order valence-corrected chi connectivity index (χ0v) is 12.8. The Morgan fingerprint density at radius 3 is 2.70 bits per heavy atom. The summed E-state index contributed by atoms with van der Waals surface area (Å²) in [6.07, 6.45) is 0. The third kappa shape index (κ3) is 2.64. The van der Waals surface area contributed by atoms with Gasteiger partial charge in [-0.1, -0.05) is 6.07 Å². The summed E-state index contributed by atoms with van der Waals surface area (Å²) in [4.78, 5) is 16.0. The van der Waals surface area contributed by atoms with Crippen molar-refractivity contribution in [1.82, 2.24) is 9.55 Å². The van der Waals surface area contributed by atoms with Crippen LogP contribution in [0, 0.1) is 0 Å². The highest BCUT2D eigenvalue weighted by Gasteiger charge is 2.12. The van der Waals surface area contributed by atoms with Gasteiger partial charge in [0.15, 0.2) is 0 Å². The van der Waals surface area contributed by atoms with E-state index in [1.54, 1.807) is 12.1 Å². The first kappa shape index (κ1) is 15.1. The summed E-state index contributed by atoms with van der Waals surface area (Å²) in [6, 6.07) is 10.2. The summed E-state index contributed by atoms with van der Waals surface area (Å²) in [5, 5.41) is 19.2. The van der Waals surface area contributed by atoms with E-state index in [9.17, 15) is 15.0 Å². The summed E-state index contributed by atoms with van der Waals surface area (Å²) >= 11 is 0. The number of phenolic OH excluding ortho intramolecular Hbond substituents is 1. The highest BCUT2D eigenvalue weighted by atomic mass is 16.5. The van der Waals surface area contributed by atoms with Gasteiger partial charge in [-0.05, 0) is 41.5 Å². The highest BCUT2D eigenvalue weighted by Crippen LogP contribution is 2.28. The predicted octanol–water partition coefficient (Wildman–Crippen LogP) is 2.22. The van der Waals surface area contributed by atoms with Crippen molar-refractivity contribution < 1.29 is 19.7 Å². The molecule has 0 saturated carbocycles. The standard InChI is InChI=1S/C17H16N2O4/c1-19-15-8-10(3-4-14(15)18-16(19)9-20)11-5-12(17(22)23-2)7-13(21)6-11/h3-8,20-21H,9H2,1-2H3. The van der Waals surface area contributed by atoms with Crippen LogP contribution in [0.25, 0.3) is 22.2 Å². The number of nitrogens with zero attached hydrogens (tertiary/aromatic N) is 2. The van der Waals surface area contributed by atoms with Crippen LogP contribution in [-0.4, -0.2) is 32.8 Å². The van der Waals surface area contributed by atoms with Gasteiger partial charge < -0.3 is 19.5 Å². The molecular weight excluding hydrogens is 296 g/mol. The molecule has 118 valence electrons. The van der Waals surface area contributed by atoms with Crippen LogP contribution in [0.4, 0.5) is 0 Å². The van der Waals surface area contributed by atoms with Crippen LogP contribution in [0.3, 0.4) is 0 Å². The summed E-state index contributed by atoms with van der Waals surface area (Å²) < 4.78 is 6.51. The van der Waals surface area contributed by atoms with Crippen molar-refractivity contribution >= 4 is 17.0 Å². The average Bonchev–Trinajstić information content (AvgIpc) is 2.89. The normalized spacial score (nSPS) is 10.9. The van der Waals surface area contributed by atoms with Gasteiger partial charge in [-0.25, -0.2) is 9.78 Å². The molecular formula is C17H16N2O4. The van der Waals surface area contributed by atoms with Crippen LogP contribution in [-0.2, 0) is 18.4 Å². The Labute approximate surface area is 132 Å². The first-order valence-corrected chi connectivity index (χ1v) is 7.02. The Bertz CT molecular complexity index is 899. The van der Waals surface area contributed by atoms with Crippen molar-refractivity contribution in [3.05, 3.63) is 47.8 Å². The number of carbonyl (C=O) groups is 1. The minimum absolute atomic E-state index is 0.0101. The van der Waals surface area contributed by atoms with Crippen molar-refractivity contribution in [1.29, 1.82) is 0 Å². The van der Waals surface area contributed by atoms with E-state index in [0.717, 1.165) is 16.6 Å². The van der Waals surface area contributed by atoms with E-state index in [-0.39, 0.29) is 17.9 Å². The van der Waals surface area contributed by atoms with Crippen LogP contribution in [0.1, 0.15) is 16.2 Å². The molecule has 0 spiro atoms. The van der Waals surface area contributed by atoms with Crippen molar-refractivity contribution in [2.24, 2.45) is 7.05 Å². The third-order valence-electron chi connectivity index (χ3n) is 3.79. The van der Waals surface area contributed by atoms with Crippen molar-refractivity contribution in [3.8, 4) is 16.9 Å². The largest absolute Gasteiger partial charge is 0.508 e. The van der Waals surface area contributed by atoms with Crippen LogP contribution < -0.4 is 0 Å². The molecule has 23 heavy (non-hydrogen) atoms. The molecule has 1 heterocycles. The van der Waals surface area contributed by atoms with Gasteiger partial charge in [0.1, 0.15) is 18.2 Å². The van der Waals surface area contributed by atoms with Crippen LogP contribution in [0.2, 0.25) is 0 Å². The van der Waals surface area contributed by atoms with Gasteiger partial charge in [-0.15, -0.1) is 0 Å². The fourth-order valence-electron chi connectivity index (χ4n) is 2.57. The second-order valence-corrected chi connectivity index (χ2v) is 5.21. The number of aromatic nitrogens is 2. The van der Waals surface area contributed by atoms with E-state index >= 15 is 0 Å². The lowest BCUT2D eigenvalue weighted by Crippen LogP contribution is -2.01. The van der Waals surface area contributed by atoms with E-state index in [0.29, 0.717) is 11.4 Å². The lowest BCUT2D eigenvalue weighted by molar-refractivity contribution is 0.0600. The number of esters is 1. The topological polar surface area (TPSA) is 84.6 Å². The fraction of sp³-hybridized carbons (Fsp3) is 0.176. The Morgan fingerprint density at radius 1 is 1.22 bits per heavy atom. The zero-order chi connectivity index (χ0) is 16.6. The second-order valence-electron chi connectivity index (χ2n) is 5.21. The summed E-state index contributed by atoms with van der Waals surface area (Å²) in [5.74, 6) is 0.0543. The number of hydrogen-bond donors (Lipinski definition) is 2. The fourth-order valence-corrected chi connectivity index (χ4v) is 2.57. The van der Waals surface area contributed by atoms with Gasteiger partial charge >= 0.3 is 5.97 Å². The van der Waals surface area contributed by atoms with Gasteiger partial charge in [0.05, 0.1) is 23.7 Å². The first-order valence-electron chi connectivity index (χ1n) is 7.02. The quantitative estimate of drug-likeness (QED) is 0.724. The molecule has 3 rings (SSSR count). The highest BCUT2D eigenvalue weighted by molar-refractivity contribution is 5.92. The SMILES string of the molecule is COC(=O)c1cc(O)cc(-c2ccc3nc(CO)n(C)c3c2)c1. The number of benzene rings is 2. The van der Waals surface area contributed by atoms with E-state index in [4.69, 9.17) is 4.74 Å². The number of aliphatic hydroxyl groups excluding tert-OH is 1. The molecule has 0 bridgehead atoms. The third-order valence-corrected chi connectivity index (χ3v) is 3.79. The number of fused-ring (bicyclic) bond motifs is 1. The lowest BCUT2D eigenvalue weighted by atomic mass is 10.0. The van der Waals surface area contributed by atoms with Gasteiger partial charge in [-0.2, -0.15) is 0 Å². The molecule has 0 unspecified atom stereocenters. The van der Waals surface area contributed by atoms with Gasteiger partial charge in [-0.3, -0.25) is 0 Å². The molecule has 6 heteroatoms. The number of aryl methyl sites for hydroxylation is 1. The molecule has 0 fully saturated rings. The monoisotopic (exact) mass is 312 g/mol. The minimum Gasteiger partial charge on any atom is -0.508 e. The number of aliphatic hydroxyl groups is 1. The van der Waals surface area contributed by atoms with Crippen LogP contribution in [0.15, 0.2) is 36.4 Å². The number of aromatic hydroxyl groups is 1. The molecule has 0 amide bonds. The van der Waals surface area contributed by atoms with E-state index < -0.39 is 5.97 Å². The smallest absolute Gasteiger partial charge is 0.338 e. The van der Waals surface area contributed by atoms with E-state index in [2.05, 4.69) is 4.98 Å². The Kier molecular flexibility index (Phi) is 3.75. The van der Waals surface area contributed by atoms with Crippen molar-refractivity contribution in [2.75, 3.05) is 7.11 Å². The molecule has 0 aliphatic rings. The maximum atomic E-state index is 11.7. The maximum absolute atomic E-state index is 11.7. The number of rotatable bonds is 3. The number of phenols is 1. The molecule has 6 nitrogen and oxygen atoms in total. The van der Waals surface area contributed by atoms with Crippen molar-refractivity contribution in [3.63, 3.8) is 0 Å². The molecule has 2 N–H and O–H groups in total. The maximum Gasteiger partial charge on any atom is 0.338 e.